The lowest BCUT2D eigenvalue weighted by atomic mass is 10.2. The first-order chi connectivity index (χ1) is 8.27. The van der Waals surface area contributed by atoms with E-state index in [0.717, 1.165) is 0 Å². The summed E-state index contributed by atoms with van der Waals surface area (Å²) in [7, 11) is 0. The molecule has 0 N–H and O–H groups in total. The molecule has 3 rings (SSSR count). The molecule has 0 fully saturated rings. The predicted octanol–water partition coefficient (Wildman–Crippen LogP) is 2.53. The summed E-state index contributed by atoms with van der Waals surface area (Å²) in [5.74, 6) is -0.274. The van der Waals surface area contributed by atoms with Crippen molar-refractivity contribution in [3.63, 3.8) is 0 Å². The maximum atomic E-state index is 11.0. The number of nitro groups is 1. The largest absolute Gasteiger partial charge is 0.458 e. The van der Waals surface area contributed by atoms with Gasteiger partial charge in [-0.15, -0.1) is 0 Å². The van der Waals surface area contributed by atoms with Gasteiger partial charge in [-0.2, -0.15) is 0 Å². The maximum absolute atomic E-state index is 11.0. The molecule has 0 bridgehead atoms. The molecule has 0 unspecified atom stereocenters. The van der Waals surface area contributed by atoms with Crippen LogP contribution >= 0.6 is 0 Å². The fourth-order valence-electron chi connectivity index (χ4n) is 1.78. The summed E-state index contributed by atoms with van der Waals surface area (Å²) < 4.78 is 6.81. The Labute approximate surface area is 95.3 Å². The Morgan fingerprint density at radius 3 is 2.88 bits per heavy atom. The van der Waals surface area contributed by atoms with Crippen LogP contribution in [0.4, 0.5) is 5.88 Å². The average Bonchev–Trinajstić information content (AvgIpc) is 2.94. The highest BCUT2D eigenvalue weighted by molar-refractivity contribution is 5.90. The molecule has 0 aliphatic heterocycles. The molecule has 0 spiro atoms. The molecule has 0 amide bonds. The number of rotatable bonds is 2. The SMILES string of the molecule is O=[N+]([O-])c1oc2ccccc2c1-n1ccnc1. The van der Waals surface area contributed by atoms with E-state index in [4.69, 9.17) is 4.42 Å². The third kappa shape index (κ3) is 1.38. The van der Waals surface area contributed by atoms with Gasteiger partial charge in [0.15, 0.2) is 5.69 Å². The zero-order valence-corrected chi connectivity index (χ0v) is 8.61. The van der Waals surface area contributed by atoms with Gasteiger partial charge in [0.05, 0.1) is 11.7 Å². The van der Waals surface area contributed by atoms with Gasteiger partial charge < -0.3 is 4.42 Å². The van der Waals surface area contributed by atoms with Crippen LogP contribution in [0.15, 0.2) is 47.4 Å². The first-order valence-electron chi connectivity index (χ1n) is 4.91. The number of hydrogen-bond acceptors (Lipinski definition) is 4. The monoisotopic (exact) mass is 229 g/mol. The van der Waals surface area contributed by atoms with Gasteiger partial charge in [0.1, 0.15) is 10.5 Å². The molecule has 0 saturated carbocycles. The minimum atomic E-state index is -0.532. The predicted molar refractivity (Wildman–Crippen MR) is 60.0 cm³/mol. The molecule has 0 radical (unpaired) electrons. The third-order valence-corrected chi connectivity index (χ3v) is 2.48. The van der Waals surface area contributed by atoms with Crippen LogP contribution < -0.4 is 0 Å². The Hall–Kier alpha value is -2.63. The number of benzene rings is 1. The molecule has 2 aromatic heterocycles. The van der Waals surface area contributed by atoms with Crippen LogP contribution in [-0.2, 0) is 0 Å². The van der Waals surface area contributed by atoms with E-state index in [1.807, 2.05) is 6.07 Å². The van der Waals surface area contributed by atoms with Crippen LogP contribution in [0.1, 0.15) is 0 Å². The molecule has 0 atom stereocenters. The van der Waals surface area contributed by atoms with Gasteiger partial charge in [-0.1, -0.05) is 12.1 Å². The second-order valence-corrected chi connectivity index (χ2v) is 3.48. The Balaban J connectivity index is 2.40. The van der Waals surface area contributed by atoms with E-state index in [1.165, 1.54) is 6.33 Å². The highest BCUT2D eigenvalue weighted by Crippen LogP contribution is 2.34. The van der Waals surface area contributed by atoms with Gasteiger partial charge in [-0.05, 0) is 12.1 Å². The quantitative estimate of drug-likeness (QED) is 0.499. The summed E-state index contributed by atoms with van der Waals surface area (Å²) >= 11 is 0. The van der Waals surface area contributed by atoms with Crippen molar-refractivity contribution in [3.05, 3.63) is 53.1 Å². The van der Waals surface area contributed by atoms with Crippen molar-refractivity contribution in [3.8, 4) is 5.69 Å². The summed E-state index contributed by atoms with van der Waals surface area (Å²) in [4.78, 5) is 14.3. The number of para-hydroxylation sites is 1. The second-order valence-electron chi connectivity index (χ2n) is 3.48. The van der Waals surface area contributed by atoms with Crippen LogP contribution in [0, 0.1) is 10.1 Å². The number of aromatic nitrogens is 2. The molecule has 0 aliphatic carbocycles. The van der Waals surface area contributed by atoms with Crippen LogP contribution in [0.2, 0.25) is 0 Å². The Bertz CT molecular complexity index is 685. The number of nitrogens with zero attached hydrogens (tertiary/aromatic N) is 3. The van der Waals surface area contributed by atoms with E-state index in [2.05, 4.69) is 4.98 Å². The molecule has 2 heterocycles. The van der Waals surface area contributed by atoms with Crippen molar-refractivity contribution in [2.24, 2.45) is 0 Å². The first kappa shape index (κ1) is 9.59. The zero-order chi connectivity index (χ0) is 11.8. The number of imidazole rings is 1. The van der Waals surface area contributed by atoms with E-state index in [0.29, 0.717) is 16.7 Å². The molecule has 0 aliphatic rings. The topological polar surface area (TPSA) is 74.1 Å². The Kier molecular flexibility index (Phi) is 1.94. The van der Waals surface area contributed by atoms with E-state index in [-0.39, 0.29) is 5.88 Å². The fourth-order valence-corrected chi connectivity index (χ4v) is 1.78. The van der Waals surface area contributed by atoms with E-state index < -0.39 is 4.92 Å². The van der Waals surface area contributed by atoms with Crippen molar-refractivity contribution in [1.82, 2.24) is 9.55 Å². The lowest BCUT2D eigenvalue weighted by molar-refractivity contribution is -0.401. The summed E-state index contributed by atoms with van der Waals surface area (Å²) in [5.41, 5.74) is 0.894. The summed E-state index contributed by atoms with van der Waals surface area (Å²) in [6.45, 7) is 0. The summed E-state index contributed by atoms with van der Waals surface area (Å²) in [6, 6.07) is 7.05. The maximum Gasteiger partial charge on any atom is 0.458 e. The van der Waals surface area contributed by atoms with Crippen LogP contribution in [0.3, 0.4) is 0 Å². The van der Waals surface area contributed by atoms with Gasteiger partial charge in [0, 0.05) is 12.4 Å². The van der Waals surface area contributed by atoms with E-state index in [1.54, 1.807) is 35.2 Å². The highest BCUT2D eigenvalue weighted by Gasteiger charge is 2.24. The normalized spacial score (nSPS) is 10.8. The van der Waals surface area contributed by atoms with Crippen molar-refractivity contribution < 1.29 is 9.34 Å². The number of furan rings is 1. The lowest BCUT2D eigenvalue weighted by Gasteiger charge is -1.96. The van der Waals surface area contributed by atoms with Crippen molar-refractivity contribution in [1.29, 1.82) is 0 Å². The van der Waals surface area contributed by atoms with Crippen LogP contribution in [0.25, 0.3) is 16.7 Å². The van der Waals surface area contributed by atoms with Crippen molar-refractivity contribution in [2.45, 2.75) is 0 Å². The number of fused-ring (bicyclic) bond motifs is 1. The molecule has 6 nitrogen and oxygen atoms in total. The first-order valence-corrected chi connectivity index (χ1v) is 4.91. The molecule has 3 aromatic rings. The molecule has 84 valence electrons. The smallest absolute Gasteiger partial charge is 0.399 e. The van der Waals surface area contributed by atoms with Crippen molar-refractivity contribution >= 4 is 16.9 Å². The minimum Gasteiger partial charge on any atom is -0.399 e. The number of hydrogen-bond donors (Lipinski definition) is 0. The second kappa shape index (κ2) is 3.44. The van der Waals surface area contributed by atoms with Gasteiger partial charge in [0.25, 0.3) is 0 Å². The summed E-state index contributed by atoms with van der Waals surface area (Å²) in [5, 5.41) is 11.7. The van der Waals surface area contributed by atoms with Crippen molar-refractivity contribution in [2.75, 3.05) is 0 Å². The molecule has 1 aromatic carbocycles. The van der Waals surface area contributed by atoms with E-state index in [9.17, 15) is 10.1 Å². The zero-order valence-electron chi connectivity index (χ0n) is 8.61. The molecule has 0 saturated heterocycles. The van der Waals surface area contributed by atoms with E-state index >= 15 is 0 Å². The Morgan fingerprint density at radius 2 is 2.18 bits per heavy atom. The minimum absolute atomic E-state index is 0.274. The highest BCUT2D eigenvalue weighted by atomic mass is 16.6. The van der Waals surface area contributed by atoms with Gasteiger partial charge in [0.2, 0.25) is 0 Å². The van der Waals surface area contributed by atoms with Gasteiger partial charge >= 0.3 is 5.88 Å². The van der Waals surface area contributed by atoms with Gasteiger partial charge in [-0.25, -0.2) is 4.98 Å². The molecule has 17 heavy (non-hydrogen) atoms. The molecular formula is C11H7N3O3. The summed E-state index contributed by atoms with van der Waals surface area (Å²) in [6.07, 6.45) is 4.71. The molecule has 6 heteroatoms. The van der Waals surface area contributed by atoms with Crippen LogP contribution in [0.5, 0.6) is 0 Å². The van der Waals surface area contributed by atoms with Crippen LogP contribution in [-0.4, -0.2) is 14.5 Å². The third-order valence-electron chi connectivity index (χ3n) is 2.48. The standard InChI is InChI=1S/C11H7N3O3/c15-14(16)11-10(13-6-5-12-7-13)8-3-1-2-4-9(8)17-11/h1-7H. The molecular weight excluding hydrogens is 222 g/mol. The Morgan fingerprint density at radius 1 is 1.35 bits per heavy atom. The van der Waals surface area contributed by atoms with Gasteiger partial charge in [-0.3, -0.25) is 14.7 Å². The lowest BCUT2D eigenvalue weighted by Crippen LogP contribution is -1.94. The fraction of sp³-hybridized carbons (Fsp3) is 0. The average molecular weight is 229 g/mol.